The molecule has 0 atom stereocenters. The number of anilines is 1. The minimum Gasteiger partial charge on any atom is -0.507 e. The summed E-state index contributed by atoms with van der Waals surface area (Å²) in [5.74, 6) is -0.0677. The van der Waals surface area contributed by atoms with Gasteiger partial charge in [-0.05, 0) is 73.1 Å². The van der Waals surface area contributed by atoms with Crippen molar-refractivity contribution in [1.29, 1.82) is 0 Å². The molecule has 0 saturated carbocycles. The molecule has 1 heterocycles. The van der Waals surface area contributed by atoms with Crippen molar-refractivity contribution < 1.29 is 14.3 Å². The Labute approximate surface area is 195 Å². The molecule has 1 aromatic heterocycles. The van der Waals surface area contributed by atoms with Gasteiger partial charge in [0.2, 0.25) is 5.89 Å². The van der Waals surface area contributed by atoms with Gasteiger partial charge in [0.05, 0.1) is 16.1 Å². The quantitative estimate of drug-likeness (QED) is 0.259. The number of phenolic OH excluding ortho intramolecular Hbond substituents is 1. The topological polar surface area (TPSA) is 87.4 Å². The van der Waals surface area contributed by atoms with Gasteiger partial charge in [0.15, 0.2) is 10.7 Å². The van der Waals surface area contributed by atoms with Crippen molar-refractivity contribution in [3.63, 3.8) is 0 Å². The number of aromatic nitrogens is 1. The number of oxazole rings is 1. The second kappa shape index (κ2) is 8.98. The predicted molar refractivity (Wildman–Crippen MR) is 130 cm³/mol. The Balaban J connectivity index is 1.59. The second-order valence-corrected chi connectivity index (χ2v) is 8.07. The fraction of sp³-hybridized carbons (Fsp3) is 0.125. The number of halogens is 1. The van der Waals surface area contributed by atoms with Crippen LogP contribution >= 0.6 is 23.8 Å². The zero-order valence-corrected chi connectivity index (χ0v) is 19.0. The third-order valence-electron chi connectivity index (χ3n) is 4.99. The van der Waals surface area contributed by atoms with E-state index in [1.54, 1.807) is 43.3 Å². The molecule has 4 rings (SSSR count). The maximum atomic E-state index is 12.4. The van der Waals surface area contributed by atoms with Gasteiger partial charge in [0.1, 0.15) is 11.3 Å². The molecule has 0 bridgehead atoms. The fourth-order valence-corrected chi connectivity index (χ4v) is 3.73. The molecule has 6 nitrogen and oxygen atoms in total. The van der Waals surface area contributed by atoms with Crippen LogP contribution in [-0.4, -0.2) is 21.1 Å². The number of amides is 1. The maximum absolute atomic E-state index is 12.4. The highest BCUT2D eigenvalue weighted by Gasteiger charge is 2.17. The molecule has 4 aromatic rings. The molecule has 0 aliphatic carbocycles. The number of nitrogens with zero attached hydrogens (tertiary/aromatic N) is 1. The van der Waals surface area contributed by atoms with E-state index in [4.69, 9.17) is 28.2 Å². The molecule has 0 unspecified atom stereocenters. The van der Waals surface area contributed by atoms with Crippen molar-refractivity contribution in [2.75, 3.05) is 5.32 Å². The van der Waals surface area contributed by atoms with Gasteiger partial charge in [-0.2, -0.15) is 0 Å². The lowest BCUT2D eigenvalue weighted by molar-refractivity contribution is 0.0978. The minimum atomic E-state index is -0.422. The number of hydrogen-bond acceptors (Lipinski definition) is 5. The first-order valence-electron chi connectivity index (χ1n) is 9.96. The van der Waals surface area contributed by atoms with Crippen molar-refractivity contribution in [2.45, 2.75) is 20.3 Å². The molecular weight excluding hydrogens is 446 g/mol. The summed E-state index contributed by atoms with van der Waals surface area (Å²) >= 11 is 11.4. The number of aromatic hydroxyl groups is 1. The molecular formula is C24H20ClN3O3S. The van der Waals surface area contributed by atoms with E-state index in [2.05, 4.69) is 22.5 Å². The van der Waals surface area contributed by atoms with E-state index in [-0.39, 0.29) is 10.9 Å². The Hall–Kier alpha value is -3.42. The number of hydrogen-bond donors (Lipinski definition) is 3. The number of thiocarbonyl (C=S) groups is 1. The van der Waals surface area contributed by atoms with Crippen LogP contribution in [0.15, 0.2) is 59.0 Å². The fourth-order valence-electron chi connectivity index (χ4n) is 3.30. The lowest BCUT2D eigenvalue weighted by atomic mass is 10.1. The summed E-state index contributed by atoms with van der Waals surface area (Å²) in [6.45, 7) is 3.83. The Kier molecular flexibility index (Phi) is 6.12. The standard InChI is InChI=1S/C24H20ClN3O3S/c1-3-14-8-9-20-19(11-14)27-23(31-20)17-12-15(10-13(2)21(17)29)26-24(32)28-22(30)16-6-4-5-7-18(16)25/h4-12,29H,3H2,1-2H3,(H2,26,28,30,32). The summed E-state index contributed by atoms with van der Waals surface area (Å²) in [6.07, 6.45) is 0.888. The predicted octanol–water partition coefficient (Wildman–Crippen LogP) is 5.85. The molecule has 162 valence electrons. The second-order valence-electron chi connectivity index (χ2n) is 7.25. The van der Waals surface area contributed by atoms with Gasteiger partial charge >= 0.3 is 0 Å². The van der Waals surface area contributed by atoms with Crippen LogP contribution in [0.5, 0.6) is 5.75 Å². The Bertz CT molecular complexity index is 1350. The van der Waals surface area contributed by atoms with E-state index < -0.39 is 5.91 Å². The van der Waals surface area contributed by atoms with E-state index in [1.807, 2.05) is 18.2 Å². The van der Waals surface area contributed by atoms with Gasteiger partial charge < -0.3 is 14.8 Å². The van der Waals surface area contributed by atoms with Crippen LogP contribution in [0.2, 0.25) is 5.02 Å². The van der Waals surface area contributed by atoms with Gasteiger partial charge in [-0.1, -0.05) is 36.7 Å². The molecule has 1 amide bonds. The number of carbonyl (C=O) groups is 1. The summed E-state index contributed by atoms with van der Waals surface area (Å²) in [4.78, 5) is 17.0. The number of benzene rings is 3. The highest BCUT2D eigenvalue weighted by Crippen LogP contribution is 2.36. The lowest BCUT2D eigenvalue weighted by Crippen LogP contribution is -2.34. The van der Waals surface area contributed by atoms with E-state index in [0.29, 0.717) is 38.9 Å². The van der Waals surface area contributed by atoms with Gasteiger partial charge in [-0.3, -0.25) is 10.1 Å². The van der Waals surface area contributed by atoms with E-state index in [9.17, 15) is 9.90 Å². The van der Waals surface area contributed by atoms with Gasteiger partial charge in [0.25, 0.3) is 5.91 Å². The van der Waals surface area contributed by atoms with Gasteiger partial charge in [0, 0.05) is 5.69 Å². The van der Waals surface area contributed by atoms with Crippen LogP contribution < -0.4 is 10.6 Å². The number of fused-ring (bicyclic) bond motifs is 1. The molecule has 0 aliphatic rings. The normalized spacial score (nSPS) is 10.8. The average molecular weight is 466 g/mol. The summed E-state index contributed by atoms with van der Waals surface area (Å²) in [6, 6.07) is 15.9. The summed E-state index contributed by atoms with van der Waals surface area (Å²) < 4.78 is 5.87. The first kappa shape index (κ1) is 21.8. The third kappa shape index (κ3) is 4.44. The van der Waals surface area contributed by atoms with Crippen LogP contribution in [0.3, 0.4) is 0 Å². The highest BCUT2D eigenvalue weighted by molar-refractivity contribution is 7.80. The van der Waals surface area contributed by atoms with Crippen molar-refractivity contribution in [2.24, 2.45) is 0 Å². The first-order chi connectivity index (χ1) is 15.4. The van der Waals surface area contributed by atoms with E-state index in [0.717, 1.165) is 17.5 Å². The number of rotatable bonds is 4. The monoisotopic (exact) mass is 465 g/mol. The zero-order chi connectivity index (χ0) is 22.8. The van der Waals surface area contributed by atoms with E-state index >= 15 is 0 Å². The van der Waals surface area contributed by atoms with Crippen molar-refractivity contribution in [3.05, 3.63) is 76.3 Å². The van der Waals surface area contributed by atoms with Gasteiger partial charge in [-0.25, -0.2) is 4.98 Å². The van der Waals surface area contributed by atoms with Crippen LogP contribution in [-0.2, 0) is 6.42 Å². The molecule has 0 saturated heterocycles. The summed E-state index contributed by atoms with van der Waals surface area (Å²) in [7, 11) is 0. The lowest BCUT2D eigenvalue weighted by Gasteiger charge is -2.13. The number of aryl methyl sites for hydroxylation is 2. The number of nitrogens with one attached hydrogen (secondary N) is 2. The molecule has 32 heavy (non-hydrogen) atoms. The van der Waals surface area contributed by atoms with Crippen LogP contribution in [0.1, 0.15) is 28.4 Å². The first-order valence-corrected chi connectivity index (χ1v) is 10.7. The van der Waals surface area contributed by atoms with Crippen molar-refractivity contribution in [3.8, 4) is 17.2 Å². The summed E-state index contributed by atoms with van der Waals surface area (Å²) in [5, 5.41) is 16.6. The van der Waals surface area contributed by atoms with E-state index in [1.165, 1.54) is 0 Å². The molecule has 0 fully saturated rings. The Morgan fingerprint density at radius 2 is 1.97 bits per heavy atom. The molecule has 0 aliphatic heterocycles. The smallest absolute Gasteiger partial charge is 0.258 e. The molecule has 8 heteroatoms. The van der Waals surface area contributed by atoms with Crippen LogP contribution in [0, 0.1) is 6.92 Å². The molecule has 0 radical (unpaired) electrons. The molecule has 3 N–H and O–H groups in total. The van der Waals surface area contributed by atoms with Gasteiger partial charge in [-0.15, -0.1) is 0 Å². The number of carbonyl (C=O) groups excluding carboxylic acids is 1. The van der Waals surface area contributed by atoms with Crippen molar-refractivity contribution >= 4 is 51.6 Å². The highest BCUT2D eigenvalue weighted by atomic mass is 35.5. The molecule has 0 spiro atoms. The third-order valence-corrected chi connectivity index (χ3v) is 5.53. The van der Waals surface area contributed by atoms with Crippen LogP contribution in [0.4, 0.5) is 5.69 Å². The Morgan fingerprint density at radius 3 is 2.72 bits per heavy atom. The number of phenols is 1. The maximum Gasteiger partial charge on any atom is 0.258 e. The summed E-state index contributed by atoms with van der Waals surface area (Å²) in [5.41, 5.74) is 4.40. The van der Waals surface area contributed by atoms with Crippen LogP contribution in [0.25, 0.3) is 22.6 Å². The zero-order valence-electron chi connectivity index (χ0n) is 17.4. The SMILES string of the molecule is CCc1ccc2oc(-c3cc(NC(=S)NC(=O)c4ccccc4Cl)cc(C)c3O)nc2c1. The van der Waals surface area contributed by atoms with Crippen molar-refractivity contribution in [1.82, 2.24) is 10.3 Å². The largest absolute Gasteiger partial charge is 0.507 e. The average Bonchev–Trinajstić information content (AvgIpc) is 3.19. The minimum absolute atomic E-state index is 0.0591. The Morgan fingerprint density at radius 1 is 1.19 bits per heavy atom. The molecule has 3 aromatic carbocycles.